The molecule has 8 heteroatoms. The highest BCUT2D eigenvalue weighted by Gasteiger charge is 2.32. The summed E-state index contributed by atoms with van der Waals surface area (Å²) in [7, 11) is 0. The van der Waals surface area contributed by atoms with Crippen molar-refractivity contribution in [3.05, 3.63) is 34.1 Å². The summed E-state index contributed by atoms with van der Waals surface area (Å²) in [5.41, 5.74) is 0.855. The quantitative estimate of drug-likeness (QED) is 0.435. The van der Waals surface area contributed by atoms with Gasteiger partial charge in [0.1, 0.15) is 11.1 Å². The molecule has 3 rings (SSSR count). The van der Waals surface area contributed by atoms with Crippen LogP contribution >= 0.6 is 35.0 Å². The zero-order valence-electron chi connectivity index (χ0n) is 14.7. The van der Waals surface area contributed by atoms with Gasteiger partial charge in [0.2, 0.25) is 0 Å². The normalized spacial score (nSPS) is 15.1. The van der Waals surface area contributed by atoms with Gasteiger partial charge in [0.15, 0.2) is 5.16 Å². The van der Waals surface area contributed by atoms with Gasteiger partial charge in [0.05, 0.1) is 22.3 Å². The van der Waals surface area contributed by atoms with E-state index in [0.29, 0.717) is 27.7 Å². The average molecular weight is 414 g/mol. The highest BCUT2D eigenvalue weighted by molar-refractivity contribution is 8.00. The molecule has 0 aliphatic heterocycles. The van der Waals surface area contributed by atoms with Gasteiger partial charge in [-0.05, 0) is 44.4 Å². The zero-order valence-corrected chi connectivity index (χ0v) is 17.1. The van der Waals surface area contributed by atoms with E-state index in [1.807, 2.05) is 30.5 Å². The third-order valence-electron chi connectivity index (χ3n) is 4.11. The molecule has 140 valence electrons. The number of nitrogens with zero attached hydrogens (tertiary/aromatic N) is 3. The molecule has 2 aromatic rings. The van der Waals surface area contributed by atoms with Gasteiger partial charge in [-0.15, -0.1) is 10.2 Å². The van der Waals surface area contributed by atoms with Crippen molar-refractivity contribution in [2.45, 2.75) is 55.9 Å². The van der Waals surface area contributed by atoms with Crippen molar-refractivity contribution >= 4 is 40.9 Å². The second kappa shape index (κ2) is 8.63. The summed E-state index contributed by atoms with van der Waals surface area (Å²) in [5, 5.41) is 10.1. The summed E-state index contributed by atoms with van der Waals surface area (Å²) in [6.45, 7) is 4.23. The van der Waals surface area contributed by atoms with E-state index < -0.39 is 0 Å². The maximum Gasteiger partial charge on any atom is 0.319 e. The van der Waals surface area contributed by atoms with Crippen LogP contribution in [0.3, 0.4) is 0 Å². The number of hydrogen-bond acceptors (Lipinski definition) is 5. The Kier molecular flexibility index (Phi) is 6.48. The lowest BCUT2D eigenvalue weighted by molar-refractivity contribution is -0.142. The molecule has 0 saturated heterocycles. The van der Waals surface area contributed by atoms with Gasteiger partial charge >= 0.3 is 5.97 Å². The van der Waals surface area contributed by atoms with Crippen molar-refractivity contribution < 1.29 is 9.53 Å². The van der Waals surface area contributed by atoms with E-state index in [0.717, 1.165) is 37.2 Å². The van der Waals surface area contributed by atoms with Gasteiger partial charge in [0.25, 0.3) is 0 Å². The fourth-order valence-corrected chi connectivity index (χ4v) is 4.14. The second-order valence-electron chi connectivity index (χ2n) is 6.20. The molecular formula is C18H21Cl2N3O2S. The van der Waals surface area contributed by atoms with Crippen molar-refractivity contribution in [2.75, 3.05) is 6.61 Å². The fourth-order valence-electron chi connectivity index (χ4n) is 2.68. The lowest BCUT2D eigenvalue weighted by Gasteiger charge is -2.15. The van der Waals surface area contributed by atoms with Gasteiger partial charge in [0, 0.05) is 5.92 Å². The number of esters is 1. The Morgan fingerprint density at radius 3 is 2.69 bits per heavy atom. The molecule has 5 nitrogen and oxygen atoms in total. The van der Waals surface area contributed by atoms with Gasteiger partial charge in [-0.25, -0.2) is 0 Å². The maximum absolute atomic E-state index is 12.3. The van der Waals surface area contributed by atoms with E-state index in [4.69, 9.17) is 27.9 Å². The van der Waals surface area contributed by atoms with E-state index in [2.05, 4.69) is 10.2 Å². The Bertz CT molecular complexity index is 793. The molecule has 0 N–H and O–H groups in total. The maximum atomic E-state index is 12.3. The monoisotopic (exact) mass is 413 g/mol. The summed E-state index contributed by atoms with van der Waals surface area (Å²) in [6, 6.07) is 5.47. The van der Waals surface area contributed by atoms with E-state index >= 15 is 0 Å². The van der Waals surface area contributed by atoms with Crippen LogP contribution in [0.15, 0.2) is 23.4 Å². The smallest absolute Gasteiger partial charge is 0.319 e. The van der Waals surface area contributed by atoms with Crippen LogP contribution in [-0.4, -0.2) is 32.6 Å². The summed E-state index contributed by atoms with van der Waals surface area (Å²) < 4.78 is 7.21. The van der Waals surface area contributed by atoms with Gasteiger partial charge < -0.3 is 4.74 Å². The lowest BCUT2D eigenvalue weighted by Crippen LogP contribution is -2.21. The number of thioether (sulfide) groups is 1. The topological polar surface area (TPSA) is 57.0 Å². The molecule has 0 amide bonds. The molecule has 0 bridgehead atoms. The molecule has 1 aliphatic rings. The standard InChI is InChI=1S/C18H21Cl2N3O2S/c1-3-5-15(17(24)25-4-2)26-18-22-21-16(11-6-7-11)23(18)12-8-9-13(19)14(20)10-12/h8-11,15H,3-7H2,1-2H3/t15-/m0/s1. The molecule has 1 aromatic heterocycles. The number of rotatable bonds is 8. The minimum absolute atomic E-state index is 0.212. The van der Waals surface area contributed by atoms with Crippen LogP contribution in [-0.2, 0) is 9.53 Å². The number of ether oxygens (including phenoxy) is 1. The number of carbonyl (C=O) groups is 1. The van der Waals surface area contributed by atoms with Crippen molar-refractivity contribution in [3.63, 3.8) is 0 Å². The first kappa shape index (κ1) is 19.5. The molecule has 1 saturated carbocycles. The van der Waals surface area contributed by atoms with Crippen molar-refractivity contribution in [2.24, 2.45) is 0 Å². The Hall–Kier alpha value is -1.24. The van der Waals surface area contributed by atoms with Gasteiger partial charge in [-0.1, -0.05) is 48.3 Å². The van der Waals surface area contributed by atoms with Crippen molar-refractivity contribution in [3.8, 4) is 5.69 Å². The van der Waals surface area contributed by atoms with Gasteiger partial charge in [-0.3, -0.25) is 9.36 Å². The van der Waals surface area contributed by atoms with Crippen LogP contribution in [0.25, 0.3) is 5.69 Å². The molecule has 1 atom stereocenters. The first-order chi connectivity index (χ1) is 12.5. The molecule has 0 unspecified atom stereocenters. The first-order valence-electron chi connectivity index (χ1n) is 8.79. The third kappa shape index (κ3) is 4.35. The zero-order chi connectivity index (χ0) is 18.7. The average Bonchev–Trinajstić information content (AvgIpc) is 3.38. The summed E-state index contributed by atoms with van der Waals surface area (Å²) in [6.07, 6.45) is 3.80. The molecule has 0 spiro atoms. The van der Waals surface area contributed by atoms with Crippen LogP contribution in [0.1, 0.15) is 51.3 Å². The van der Waals surface area contributed by atoms with Crippen LogP contribution in [0.5, 0.6) is 0 Å². The largest absolute Gasteiger partial charge is 0.465 e. The summed E-state index contributed by atoms with van der Waals surface area (Å²) >= 11 is 13.7. The number of benzene rings is 1. The fraction of sp³-hybridized carbons (Fsp3) is 0.500. The molecule has 1 aliphatic carbocycles. The first-order valence-corrected chi connectivity index (χ1v) is 10.4. The Morgan fingerprint density at radius 1 is 1.31 bits per heavy atom. The van der Waals surface area contributed by atoms with Crippen molar-refractivity contribution in [1.29, 1.82) is 0 Å². The van der Waals surface area contributed by atoms with Crippen LogP contribution < -0.4 is 0 Å². The lowest BCUT2D eigenvalue weighted by atomic mass is 10.2. The Labute approximate surface area is 167 Å². The van der Waals surface area contributed by atoms with Crippen LogP contribution in [0, 0.1) is 0 Å². The van der Waals surface area contributed by atoms with Gasteiger partial charge in [-0.2, -0.15) is 0 Å². The molecular weight excluding hydrogens is 393 g/mol. The second-order valence-corrected chi connectivity index (χ2v) is 8.18. The molecule has 1 aromatic carbocycles. The van der Waals surface area contributed by atoms with Crippen molar-refractivity contribution in [1.82, 2.24) is 14.8 Å². The number of hydrogen-bond donors (Lipinski definition) is 0. The highest BCUT2D eigenvalue weighted by atomic mass is 35.5. The minimum atomic E-state index is -0.308. The van der Waals surface area contributed by atoms with E-state index in [-0.39, 0.29) is 11.2 Å². The number of halogens is 2. The third-order valence-corrected chi connectivity index (χ3v) is 6.04. The number of aromatic nitrogens is 3. The minimum Gasteiger partial charge on any atom is -0.465 e. The van der Waals surface area contributed by atoms with E-state index in [1.54, 1.807) is 6.07 Å². The Balaban J connectivity index is 1.96. The summed E-state index contributed by atoms with van der Waals surface area (Å²) in [4.78, 5) is 12.3. The van der Waals surface area contributed by atoms with Crippen LogP contribution in [0.4, 0.5) is 0 Å². The van der Waals surface area contributed by atoms with E-state index in [9.17, 15) is 4.79 Å². The predicted octanol–water partition coefficient (Wildman–Crippen LogP) is 5.28. The molecule has 0 radical (unpaired) electrons. The molecule has 26 heavy (non-hydrogen) atoms. The molecule has 1 heterocycles. The summed E-state index contributed by atoms with van der Waals surface area (Å²) in [5.74, 6) is 1.10. The highest BCUT2D eigenvalue weighted by Crippen LogP contribution is 2.42. The SMILES string of the molecule is CCC[C@H](Sc1nnc(C2CC2)n1-c1ccc(Cl)c(Cl)c1)C(=O)OCC. The van der Waals surface area contributed by atoms with E-state index in [1.165, 1.54) is 11.8 Å². The predicted molar refractivity (Wildman–Crippen MR) is 105 cm³/mol. The number of carbonyl (C=O) groups excluding carboxylic acids is 1. The molecule has 1 fully saturated rings. The van der Waals surface area contributed by atoms with Crippen LogP contribution in [0.2, 0.25) is 10.0 Å². The Morgan fingerprint density at radius 2 is 2.08 bits per heavy atom.